The molecule has 1 aromatic carbocycles. The standard InChI is InChI=1S/C23H30N4O3S/c1-15-9-16(2)13-27(12-15)22(30)17-3-5-18(6-4-17)25-21(29)10-20-11-24-23(31-20)26-8-7-19(28)14-26/h3-6,15-16,20H,7-14H2,1-2H3,(H,25,29). The third-order valence-electron chi connectivity index (χ3n) is 5.99. The van der Waals surface area contributed by atoms with Crippen molar-refractivity contribution in [2.45, 2.75) is 38.4 Å². The summed E-state index contributed by atoms with van der Waals surface area (Å²) in [5.41, 5.74) is 1.35. The Morgan fingerprint density at radius 3 is 2.52 bits per heavy atom. The van der Waals surface area contributed by atoms with E-state index in [0.717, 1.165) is 31.2 Å². The maximum absolute atomic E-state index is 12.8. The Bertz CT molecular complexity index is 875. The average molecular weight is 443 g/mol. The first-order chi connectivity index (χ1) is 14.9. The van der Waals surface area contributed by atoms with Crippen molar-refractivity contribution in [3.63, 3.8) is 0 Å². The molecule has 0 spiro atoms. The molecule has 2 saturated heterocycles. The van der Waals surface area contributed by atoms with Crippen molar-refractivity contribution in [2.24, 2.45) is 16.8 Å². The van der Waals surface area contributed by atoms with Gasteiger partial charge in [-0.1, -0.05) is 25.6 Å². The highest BCUT2D eigenvalue weighted by Gasteiger charge is 2.30. The van der Waals surface area contributed by atoms with Gasteiger partial charge >= 0.3 is 0 Å². The van der Waals surface area contributed by atoms with Crippen molar-refractivity contribution in [1.29, 1.82) is 0 Å². The predicted molar refractivity (Wildman–Crippen MR) is 123 cm³/mol. The molecular formula is C23H30N4O3S. The van der Waals surface area contributed by atoms with E-state index in [2.05, 4.69) is 24.2 Å². The van der Waals surface area contributed by atoms with Crippen molar-refractivity contribution in [2.75, 3.05) is 38.0 Å². The number of nitrogens with zero attached hydrogens (tertiary/aromatic N) is 3. The highest BCUT2D eigenvalue weighted by molar-refractivity contribution is 8.14. The first kappa shape index (κ1) is 21.9. The number of nitrogens with one attached hydrogen (secondary N) is 1. The van der Waals surface area contributed by atoms with Gasteiger partial charge in [-0.15, -0.1) is 0 Å². The van der Waals surface area contributed by atoms with E-state index in [1.54, 1.807) is 36.0 Å². The van der Waals surface area contributed by atoms with E-state index in [0.29, 0.717) is 49.0 Å². The summed E-state index contributed by atoms with van der Waals surface area (Å²) in [6, 6.07) is 7.17. The van der Waals surface area contributed by atoms with Gasteiger partial charge in [-0.25, -0.2) is 0 Å². The van der Waals surface area contributed by atoms with Gasteiger partial charge in [0, 0.05) is 49.0 Å². The quantitative estimate of drug-likeness (QED) is 0.775. The van der Waals surface area contributed by atoms with Crippen LogP contribution in [-0.2, 0) is 9.59 Å². The molecule has 3 unspecified atom stereocenters. The second kappa shape index (κ2) is 9.42. The third kappa shape index (κ3) is 5.47. The molecule has 0 saturated carbocycles. The van der Waals surface area contributed by atoms with Crippen LogP contribution < -0.4 is 5.32 Å². The van der Waals surface area contributed by atoms with Crippen molar-refractivity contribution >= 4 is 40.2 Å². The molecular weight excluding hydrogens is 412 g/mol. The topological polar surface area (TPSA) is 82.1 Å². The molecule has 0 bridgehead atoms. The van der Waals surface area contributed by atoms with Crippen molar-refractivity contribution in [3.05, 3.63) is 29.8 Å². The number of Topliss-reactive ketones (excluding diaryl/α,β-unsaturated/α-hetero) is 1. The molecule has 1 N–H and O–H groups in total. The zero-order valence-electron chi connectivity index (χ0n) is 18.2. The van der Waals surface area contributed by atoms with Crippen LogP contribution in [0.3, 0.4) is 0 Å². The monoisotopic (exact) mass is 442 g/mol. The average Bonchev–Trinajstić information content (AvgIpc) is 3.36. The molecule has 3 aliphatic heterocycles. The van der Waals surface area contributed by atoms with Crippen LogP contribution in [0.15, 0.2) is 29.3 Å². The predicted octanol–water partition coefficient (Wildman–Crippen LogP) is 2.88. The van der Waals surface area contributed by atoms with Gasteiger partial charge in [-0.3, -0.25) is 19.4 Å². The number of amidine groups is 1. The van der Waals surface area contributed by atoms with Crippen LogP contribution in [0.1, 0.15) is 43.5 Å². The number of piperidine rings is 1. The van der Waals surface area contributed by atoms with Crippen molar-refractivity contribution in [3.8, 4) is 0 Å². The summed E-state index contributed by atoms with van der Waals surface area (Å²) in [4.78, 5) is 45.2. The Kier molecular flexibility index (Phi) is 6.65. The number of ketones is 1. The summed E-state index contributed by atoms with van der Waals surface area (Å²) in [5, 5.41) is 3.90. The van der Waals surface area contributed by atoms with Gasteiger partial charge in [0.25, 0.3) is 5.91 Å². The second-order valence-corrected chi connectivity index (χ2v) is 10.3. The Hall–Kier alpha value is -2.35. The number of benzene rings is 1. The van der Waals surface area contributed by atoms with Crippen LogP contribution in [-0.4, -0.2) is 70.5 Å². The van der Waals surface area contributed by atoms with Gasteiger partial charge in [0.15, 0.2) is 11.0 Å². The number of carbonyl (C=O) groups excluding carboxylic acids is 3. The summed E-state index contributed by atoms with van der Waals surface area (Å²) in [6.45, 7) is 7.74. The zero-order valence-corrected chi connectivity index (χ0v) is 19.0. The lowest BCUT2D eigenvalue weighted by molar-refractivity contribution is -0.117. The van der Waals surface area contributed by atoms with E-state index in [4.69, 9.17) is 0 Å². The second-order valence-electron chi connectivity index (χ2n) is 9.06. The van der Waals surface area contributed by atoms with E-state index in [1.165, 1.54) is 0 Å². The molecule has 4 rings (SSSR count). The van der Waals surface area contributed by atoms with Crippen LogP contribution >= 0.6 is 11.8 Å². The fourth-order valence-corrected chi connectivity index (χ4v) is 5.74. The molecule has 0 aromatic heterocycles. The Morgan fingerprint density at radius 1 is 1.16 bits per heavy atom. The molecule has 31 heavy (non-hydrogen) atoms. The molecule has 0 radical (unpaired) electrons. The summed E-state index contributed by atoms with van der Waals surface area (Å²) in [6.07, 6.45) is 2.11. The lowest BCUT2D eigenvalue weighted by Gasteiger charge is -2.35. The number of rotatable bonds is 4. The molecule has 0 aliphatic carbocycles. The van der Waals surface area contributed by atoms with E-state index >= 15 is 0 Å². The molecule has 7 nitrogen and oxygen atoms in total. The van der Waals surface area contributed by atoms with E-state index in [1.807, 2.05) is 9.80 Å². The van der Waals surface area contributed by atoms with Crippen molar-refractivity contribution < 1.29 is 14.4 Å². The largest absolute Gasteiger partial charge is 0.344 e. The molecule has 2 fully saturated rings. The number of amides is 2. The molecule has 3 aliphatic rings. The number of carbonyl (C=O) groups is 3. The third-order valence-corrected chi connectivity index (χ3v) is 7.23. The normalized spacial score (nSPS) is 26.2. The number of anilines is 1. The zero-order chi connectivity index (χ0) is 22.0. The molecule has 3 atom stereocenters. The maximum Gasteiger partial charge on any atom is 0.253 e. The summed E-state index contributed by atoms with van der Waals surface area (Å²) in [5.74, 6) is 1.29. The molecule has 2 amide bonds. The first-order valence-electron chi connectivity index (χ1n) is 11.0. The van der Waals surface area contributed by atoms with Gasteiger partial charge in [-0.05, 0) is 42.5 Å². The minimum atomic E-state index is -0.0656. The van der Waals surface area contributed by atoms with E-state index in [-0.39, 0.29) is 22.8 Å². The van der Waals surface area contributed by atoms with Gasteiger partial charge in [-0.2, -0.15) is 0 Å². The molecule has 3 heterocycles. The Labute approximate surface area is 187 Å². The number of hydrogen-bond acceptors (Lipinski definition) is 6. The summed E-state index contributed by atoms with van der Waals surface area (Å²) in [7, 11) is 0. The number of thioether (sulfide) groups is 1. The fraction of sp³-hybridized carbons (Fsp3) is 0.565. The molecule has 1 aromatic rings. The first-order valence-corrected chi connectivity index (χ1v) is 11.9. The summed E-state index contributed by atoms with van der Waals surface area (Å²) < 4.78 is 0. The van der Waals surface area contributed by atoms with Gasteiger partial charge < -0.3 is 15.1 Å². The van der Waals surface area contributed by atoms with Crippen LogP contribution in [0.25, 0.3) is 0 Å². The van der Waals surface area contributed by atoms with E-state index in [9.17, 15) is 14.4 Å². The fourth-order valence-electron chi connectivity index (χ4n) is 4.60. The van der Waals surface area contributed by atoms with Crippen LogP contribution in [0, 0.1) is 11.8 Å². The van der Waals surface area contributed by atoms with Gasteiger partial charge in [0.05, 0.1) is 13.1 Å². The number of aliphatic imine (C=N–C) groups is 1. The SMILES string of the molecule is CC1CC(C)CN(C(=O)c2ccc(NC(=O)CC3CN=C(N4CCC(=O)C4)S3)cc2)C1. The molecule has 8 heteroatoms. The minimum absolute atomic E-state index is 0.0590. The highest BCUT2D eigenvalue weighted by atomic mass is 32.2. The van der Waals surface area contributed by atoms with Crippen LogP contribution in [0.2, 0.25) is 0 Å². The Balaban J connectivity index is 1.26. The van der Waals surface area contributed by atoms with Crippen LogP contribution in [0.4, 0.5) is 5.69 Å². The van der Waals surface area contributed by atoms with Gasteiger partial charge in [0.1, 0.15) is 0 Å². The summed E-state index contributed by atoms with van der Waals surface area (Å²) >= 11 is 1.58. The van der Waals surface area contributed by atoms with Crippen molar-refractivity contribution in [1.82, 2.24) is 9.80 Å². The maximum atomic E-state index is 12.8. The number of likely N-dealkylation sites (tertiary alicyclic amines) is 2. The minimum Gasteiger partial charge on any atom is -0.344 e. The van der Waals surface area contributed by atoms with Crippen LogP contribution in [0.5, 0.6) is 0 Å². The smallest absolute Gasteiger partial charge is 0.253 e. The highest BCUT2D eigenvalue weighted by Crippen LogP contribution is 2.28. The lowest BCUT2D eigenvalue weighted by atomic mass is 9.91. The number of hydrogen-bond donors (Lipinski definition) is 1. The molecule has 166 valence electrons. The van der Waals surface area contributed by atoms with E-state index < -0.39 is 0 Å². The van der Waals surface area contributed by atoms with Gasteiger partial charge in [0.2, 0.25) is 5.91 Å². The Morgan fingerprint density at radius 2 is 1.87 bits per heavy atom. The lowest BCUT2D eigenvalue weighted by Crippen LogP contribution is -2.42.